The van der Waals surface area contributed by atoms with E-state index in [1.165, 1.54) is 26.6 Å². The zero-order valence-electron chi connectivity index (χ0n) is 16.6. The van der Waals surface area contributed by atoms with Crippen LogP contribution in [0.25, 0.3) is 26.9 Å². The Morgan fingerprint density at radius 1 is 0.968 bits per heavy atom. The SMILES string of the molecule is CN1CC=C(c2cc3ccccc3s2)c2ccc(-c3ccc(C(F)(F)F)nn3)cc2C1. The Hall–Kier alpha value is -3.03. The molecule has 0 N–H and O–H groups in total. The first kappa shape index (κ1) is 19.9. The van der Waals surface area contributed by atoms with E-state index >= 15 is 0 Å². The van der Waals surface area contributed by atoms with Crippen LogP contribution in [0.4, 0.5) is 13.2 Å². The topological polar surface area (TPSA) is 29.0 Å². The molecule has 0 saturated heterocycles. The van der Waals surface area contributed by atoms with Gasteiger partial charge in [-0.2, -0.15) is 13.2 Å². The van der Waals surface area contributed by atoms with Crippen molar-refractivity contribution in [1.82, 2.24) is 15.1 Å². The van der Waals surface area contributed by atoms with Crippen LogP contribution >= 0.6 is 11.3 Å². The number of nitrogens with zero attached hydrogens (tertiary/aromatic N) is 3. The summed E-state index contributed by atoms with van der Waals surface area (Å²) in [6.07, 6.45) is -2.25. The number of hydrogen-bond donors (Lipinski definition) is 0. The van der Waals surface area contributed by atoms with Gasteiger partial charge in [0.15, 0.2) is 5.69 Å². The molecule has 31 heavy (non-hydrogen) atoms. The molecule has 2 aromatic carbocycles. The second-order valence-electron chi connectivity index (χ2n) is 7.64. The van der Waals surface area contributed by atoms with E-state index in [1.54, 1.807) is 11.3 Å². The molecule has 0 saturated carbocycles. The number of rotatable bonds is 2. The summed E-state index contributed by atoms with van der Waals surface area (Å²) < 4.78 is 39.7. The molecule has 0 aliphatic carbocycles. The van der Waals surface area contributed by atoms with Crippen molar-refractivity contribution in [3.63, 3.8) is 0 Å². The van der Waals surface area contributed by atoms with E-state index in [-0.39, 0.29) is 0 Å². The molecule has 4 aromatic rings. The molecule has 1 aliphatic heterocycles. The highest BCUT2D eigenvalue weighted by atomic mass is 32.1. The lowest BCUT2D eigenvalue weighted by atomic mass is 9.95. The largest absolute Gasteiger partial charge is 0.435 e. The summed E-state index contributed by atoms with van der Waals surface area (Å²) in [7, 11) is 2.05. The molecule has 0 atom stereocenters. The molecule has 1 aliphatic rings. The Morgan fingerprint density at radius 2 is 1.81 bits per heavy atom. The molecular formula is C24H18F3N3S. The number of aromatic nitrogens is 2. The van der Waals surface area contributed by atoms with E-state index in [9.17, 15) is 13.2 Å². The van der Waals surface area contributed by atoms with Crippen molar-refractivity contribution in [3.05, 3.63) is 88.4 Å². The Labute approximate surface area is 181 Å². The van der Waals surface area contributed by atoms with Gasteiger partial charge in [0.25, 0.3) is 0 Å². The number of fused-ring (bicyclic) bond motifs is 2. The molecule has 7 heteroatoms. The minimum atomic E-state index is -4.49. The Morgan fingerprint density at radius 3 is 2.55 bits per heavy atom. The van der Waals surface area contributed by atoms with Crippen molar-refractivity contribution < 1.29 is 13.2 Å². The highest BCUT2D eigenvalue weighted by Gasteiger charge is 2.33. The molecule has 0 spiro atoms. The highest BCUT2D eigenvalue weighted by Crippen LogP contribution is 2.38. The van der Waals surface area contributed by atoms with Crippen LogP contribution in [0, 0.1) is 0 Å². The van der Waals surface area contributed by atoms with Crippen LogP contribution in [-0.4, -0.2) is 28.7 Å². The molecule has 0 radical (unpaired) electrons. The van der Waals surface area contributed by atoms with Gasteiger partial charge in [0.05, 0.1) is 5.69 Å². The van der Waals surface area contributed by atoms with Crippen molar-refractivity contribution >= 4 is 27.0 Å². The lowest BCUT2D eigenvalue weighted by molar-refractivity contribution is -0.141. The maximum Gasteiger partial charge on any atom is 0.435 e. The maximum absolute atomic E-state index is 12.8. The van der Waals surface area contributed by atoms with Crippen LogP contribution in [0.15, 0.2) is 66.7 Å². The van der Waals surface area contributed by atoms with Gasteiger partial charge in [-0.05, 0) is 59.5 Å². The van der Waals surface area contributed by atoms with Gasteiger partial charge in [-0.3, -0.25) is 4.90 Å². The third-order valence-electron chi connectivity index (χ3n) is 5.38. The van der Waals surface area contributed by atoms with Crippen LogP contribution in [0.2, 0.25) is 0 Å². The van der Waals surface area contributed by atoms with Crippen molar-refractivity contribution in [2.24, 2.45) is 0 Å². The zero-order chi connectivity index (χ0) is 21.6. The molecule has 0 bridgehead atoms. The highest BCUT2D eigenvalue weighted by molar-refractivity contribution is 7.20. The third kappa shape index (κ3) is 3.86. The monoisotopic (exact) mass is 437 g/mol. The van der Waals surface area contributed by atoms with Crippen molar-refractivity contribution in [2.75, 3.05) is 13.6 Å². The average molecular weight is 437 g/mol. The summed E-state index contributed by atoms with van der Waals surface area (Å²) in [5, 5.41) is 8.40. The van der Waals surface area contributed by atoms with E-state index < -0.39 is 11.9 Å². The van der Waals surface area contributed by atoms with Gasteiger partial charge in [-0.15, -0.1) is 21.5 Å². The predicted molar refractivity (Wildman–Crippen MR) is 118 cm³/mol. The summed E-state index contributed by atoms with van der Waals surface area (Å²) >= 11 is 1.77. The average Bonchev–Trinajstić information content (AvgIpc) is 3.10. The lowest BCUT2D eigenvalue weighted by Crippen LogP contribution is -2.16. The van der Waals surface area contributed by atoms with E-state index in [4.69, 9.17) is 0 Å². The summed E-state index contributed by atoms with van der Waals surface area (Å²) in [6, 6.07) is 18.9. The molecule has 5 rings (SSSR count). The fourth-order valence-corrected chi connectivity index (χ4v) is 4.96. The fourth-order valence-electron chi connectivity index (χ4n) is 3.84. The first-order chi connectivity index (χ1) is 14.9. The van der Waals surface area contributed by atoms with Crippen LogP contribution in [0.1, 0.15) is 21.7 Å². The van der Waals surface area contributed by atoms with Gasteiger partial charge in [-0.1, -0.05) is 36.4 Å². The van der Waals surface area contributed by atoms with Crippen LogP contribution < -0.4 is 0 Å². The number of thiophene rings is 1. The predicted octanol–water partition coefficient (Wildman–Crippen LogP) is 6.25. The molecule has 0 unspecified atom stereocenters. The normalized spacial score (nSPS) is 14.9. The molecule has 0 fully saturated rings. The molecule has 3 heterocycles. The molecule has 2 aromatic heterocycles. The van der Waals surface area contributed by atoms with Gasteiger partial charge < -0.3 is 0 Å². The quantitative estimate of drug-likeness (QED) is 0.371. The summed E-state index contributed by atoms with van der Waals surface area (Å²) in [5.74, 6) is 0. The first-order valence-electron chi connectivity index (χ1n) is 9.81. The summed E-state index contributed by atoms with van der Waals surface area (Å²) in [6.45, 7) is 1.55. The number of likely N-dealkylation sites (N-methyl/N-ethyl adjacent to an activating group) is 1. The molecule has 156 valence electrons. The van der Waals surface area contributed by atoms with E-state index in [1.807, 2.05) is 30.3 Å². The first-order valence-corrected chi connectivity index (χ1v) is 10.6. The second kappa shape index (κ2) is 7.59. The van der Waals surface area contributed by atoms with E-state index in [0.717, 1.165) is 35.8 Å². The molecule has 3 nitrogen and oxygen atoms in total. The van der Waals surface area contributed by atoms with Crippen molar-refractivity contribution in [2.45, 2.75) is 12.7 Å². The Bertz CT molecular complexity index is 1260. The standard InChI is InChI=1S/C24H18F3N3S/c1-30-11-10-19(22-13-16-4-2-3-5-21(16)31-22)18-7-6-15(12-17(18)14-30)20-8-9-23(29-28-20)24(25,26)27/h2-10,12-13H,11,14H2,1H3. The second-order valence-corrected chi connectivity index (χ2v) is 8.72. The number of hydrogen-bond acceptors (Lipinski definition) is 4. The Balaban J connectivity index is 1.56. The van der Waals surface area contributed by atoms with Gasteiger partial charge in [0.1, 0.15) is 0 Å². The number of halogens is 3. The van der Waals surface area contributed by atoms with Crippen LogP contribution in [0.5, 0.6) is 0 Å². The fraction of sp³-hybridized carbons (Fsp3) is 0.167. The smallest absolute Gasteiger partial charge is 0.298 e. The van der Waals surface area contributed by atoms with E-state index in [0.29, 0.717) is 5.69 Å². The minimum absolute atomic E-state index is 0.426. The summed E-state index contributed by atoms with van der Waals surface area (Å²) in [4.78, 5) is 3.42. The third-order valence-corrected chi connectivity index (χ3v) is 6.53. The van der Waals surface area contributed by atoms with Gasteiger partial charge in [0.2, 0.25) is 0 Å². The Kier molecular flexibility index (Phi) is 4.87. The minimum Gasteiger partial charge on any atom is -0.298 e. The van der Waals surface area contributed by atoms with E-state index in [2.05, 4.69) is 46.4 Å². The van der Waals surface area contributed by atoms with Gasteiger partial charge >= 0.3 is 6.18 Å². The van der Waals surface area contributed by atoms with Gasteiger partial charge in [0, 0.05) is 28.2 Å². The van der Waals surface area contributed by atoms with Gasteiger partial charge in [-0.25, -0.2) is 0 Å². The van der Waals surface area contributed by atoms with Crippen molar-refractivity contribution in [3.8, 4) is 11.3 Å². The van der Waals surface area contributed by atoms with Crippen LogP contribution in [-0.2, 0) is 12.7 Å². The summed E-state index contributed by atoms with van der Waals surface area (Å²) in [5.41, 5.74) is 3.63. The molecular weight excluding hydrogens is 419 g/mol. The lowest BCUT2D eigenvalue weighted by Gasteiger charge is -2.15. The number of benzene rings is 2. The van der Waals surface area contributed by atoms with Crippen molar-refractivity contribution in [1.29, 1.82) is 0 Å². The zero-order valence-corrected chi connectivity index (χ0v) is 17.5. The maximum atomic E-state index is 12.8. The number of alkyl halides is 3. The molecule has 0 amide bonds. The van der Waals surface area contributed by atoms with Crippen LogP contribution in [0.3, 0.4) is 0 Å².